The maximum absolute atomic E-state index is 14.4. The highest BCUT2D eigenvalue weighted by Crippen LogP contribution is 2.32. The minimum Gasteiger partial charge on any atom is -0.474 e. The lowest BCUT2D eigenvalue weighted by molar-refractivity contribution is -0.143. The number of ether oxygens (including phenoxy) is 1. The summed E-state index contributed by atoms with van der Waals surface area (Å²) in [5.41, 5.74) is 5.69. The number of hydrogen-bond acceptors (Lipinski definition) is 18. The van der Waals surface area contributed by atoms with Crippen molar-refractivity contribution in [3.63, 3.8) is 0 Å². The molecule has 0 saturated carbocycles. The zero-order chi connectivity index (χ0) is 59.7. The van der Waals surface area contributed by atoms with Crippen molar-refractivity contribution in [2.24, 2.45) is 5.92 Å². The average molecular weight is 1170 g/mol. The molecule has 2 fully saturated rings. The fourth-order valence-electron chi connectivity index (χ4n) is 10.8. The number of aliphatic hydroxyl groups excluding tert-OH is 1. The van der Waals surface area contributed by atoms with E-state index in [4.69, 9.17) is 9.72 Å². The number of fused-ring (bicyclic) bond motifs is 1. The predicted octanol–water partition coefficient (Wildman–Crippen LogP) is 5.61. The van der Waals surface area contributed by atoms with Crippen LogP contribution in [0.4, 0.5) is 17.3 Å². The van der Waals surface area contributed by atoms with Crippen LogP contribution in [0.5, 0.6) is 5.88 Å². The minimum absolute atomic E-state index is 0.00137. The van der Waals surface area contributed by atoms with Gasteiger partial charge in [0.1, 0.15) is 29.7 Å². The monoisotopic (exact) mass is 1170 g/mol. The summed E-state index contributed by atoms with van der Waals surface area (Å²) in [6, 6.07) is 18.7. The van der Waals surface area contributed by atoms with E-state index in [1.54, 1.807) is 77.8 Å². The summed E-state index contributed by atoms with van der Waals surface area (Å²) in [7, 11) is 3.62. The summed E-state index contributed by atoms with van der Waals surface area (Å²) < 4.78 is 10.3. The van der Waals surface area contributed by atoms with Crippen LogP contribution in [0.2, 0.25) is 0 Å². The number of likely N-dealkylation sites (tertiary alicyclic amines) is 1. The van der Waals surface area contributed by atoms with Gasteiger partial charge in [0.25, 0.3) is 11.4 Å². The van der Waals surface area contributed by atoms with Crippen molar-refractivity contribution in [2.75, 3.05) is 83.3 Å². The Morgan fingerprint density at radius 3 is 2.44 bits per heavy atom. The third-order valence-electron chi connectivity index (χ3n) is 15.5. The molecule has 446 valence electrons. The topological polar surface area (TPSA) is 259 Å². The molecule has 3 amide bonds. The van der Waals surface area contributed by atoms with Crippen molar-refractivity contribution in [1.82, 2.24) is 69.6 Å². The first-order valence-electron chi connectivity index (χ1n) is 28.8. The van der Waals surface area contributed by atoms with Crippen LogP contribution in [0.25, 0.3) is 27.3 Å². The molecule has 2 aromatic carbocycles. The van der Waals surface area contributed by atoms with E-state index in [0.717, 1.165) is 85.1 Å². The molecule has 0 aliphatic carbocycles. The second kappa shape index (κ2) is 27.2. The van der Waals surface area contributed by atoms with E-state index < -0.39 is 35.7 Å². The first kappa shape index (κ1) is 60.7. The number of anilines is 3. The summed E-state index contributed by atoms with van der Waals surface area (Å²) in [4.78, 5) is 83.8. The van der Waals surface area contributed by atoms with Gasteiger partial charge in [-0.05, 0) is 101 Å². The normalized spacial score (nSPS) is 16.5. The molecule has 7 aromatic rings. The maximum atomic E-state index is 14.4. The third kappa shape index (κ3) is 14.4. The summed E-state index contributed by atoms with van der Waals surface area (Å²) in [6.45, 7) is 19.2. The largest absolute Gasteiger partial charge is 0.474 e. The first-order chi connectivity index (χ1) is 40.4. The van der Waals surface area contributed by atoms with Gasteiger partial charge in [-0.3, -0.25) is 24.1 Å². The van der Waals surface area contributed by atoms with Crippen LogP contribution in [0.15, 0.2) is 102 Å². The SMILES string of the molecule is C=CCn1c(=O)c2cnc(Nc3ccc(N4CCN(CCCCCN(C)C(=O)C[C@H](NC(=O)[C@@H]5C[C@@H](O)CN5C(=O)[C@H](C(C)C)n5cc(OCCNC)nn5)c5ccc(-c6scnc6C)cc5)CC4)cc3)nc2n1-c1cccc(C(C)(C)O)n1. The number of rotatable bonds is 26. The zero-order valence-corrected chi connectivity index (χ0v) is 49.8. The molecule has 5 N–H and O–H groups in total. The van der Waals surface area contributed by atoms with E-state index in [2.05, 4.69) is 69.7 Å². The van der Waals surface area contributed by atoms with Gasteiger partial charge in [-0.2, -0.15) is 4.98 Å². The van der Waals surface area contributed by atoms with Crippen LogP contribution in [0, 0.1) is 12.8 Å². The lowest BCUT2D eigenvalue weighted by Gasteiger charge is -2.36. The van der Waals surface area contributed by atoms with Crippen molar-refractivity contribution in [2.45, 2.75) is 103 Å². The number of benzene rings is 2. The Bertz CT molecular complexity index is 3440. The number of nitrogens with one attached hydrogen (secondary N) is 3. The number of thiazole rings is 1. The highest BCUT2D eigenvalue weighted by Gasteiger charge is 2.43. The van der Waals surface area contributed by atoms with E-state index in [1.165, 1.54) is 20.5 Å². The molecule has 2 aliphatic rings. The van der Waals surface area contributed by atoms with Crippen molar-refractivity contribution in [3.05, 3.63) is 125 Å². The van der Waals surface area contributed by atoms with Gasteiger partial charge in [-0.25, -0.2) is 29.0 Å². The van der Waals surface area contributed by atoms with E-state index in [1.807, 2.05) is 64.2 Å². The molecule has 0 bridgehead atoms. The number of allylic oxidation sites excluding steroid dienone is 1. The van der Waals surface area contributed by atoms with Crippen LogP contribution in [0.3, 0.4) is 0 Å². The molecule has 24 heteroatoms. The van der Waals surface area contributed by atoms with Gasteiger partial charge in [-0.15, -0.1) is 17.9 Å². The summed E-state index contributed by atoms with van der Waals surface area (Å²) in [5.74, 6) is -0.159. The number of carbonyl (C=O) groups excluding carboxylic acids is 3. The van der Waals surface area contributed by atoms with E-state index >= 15 is 0 Å². The Morgan fingerprint density at radius 1 is 0.988 bits per heavy atom. The molecular formula is C60H78N16O7S. The minimum atomic E-state index is -1.19. The highest BCUT2D eigenvalue weighted by molar-refractivity contribution is 7.13. The number of hydrogen-bond donors (Lipinski definition) is 5. The number of likely N-dealkylation sites (N-methyl/N-ethyl adjacent to an activating group) is 1. The van der Waals surface area contributed by atoms with Gasteiger partial charge in [0, 0.05) is 76.9 Å². The summed E-state index contributed by atoms with van der Waals surface area (Å²) in [6.07, 6.45) is 6.60. The Labute approximate surface area is 493 Å². The third-order valence-corrected chi connectivity index (χ3v) is 16.4. The van der Waals surface area contributed by atoms with Gasteiger partial charge < -0.3 is 45.6 Å². The first-order valence-corrected chi connectivity index (χ1v) is 29.6. The van der Waals surface area contributed by atoms with E-state index in [9.17, 15) is 29.4 Å². The van der Waals surface area contributed by atoms with Crippen molar-refractivity contribution in [3.8, 4) is 22.1 Å². The number of aromatic nitrogens is 9. The number of carbonyl (C=O) groups is 3. The molecule has 7 heterocycles. The van der Waals surface area contributed by atoms with Gasteiger partial charge in [0.15, 0.2) is 11.5 Å². The Hall–Kier alpha value is -7.90. The quantitative estimate of drug-likeness (QED) is 0.0326. The standard InChI is InChI=1S/C60H78N16O7S/c1-9-25-75-57(80)46-35-62-59(67-55(46)76(75)50-15-13-14-49(66-50)60(5,6)82)64-43-20-22-44(23-21-43)72-30-28-71(29-31-72)27-12-10-11-26-70(8)52(78)34-47(41-16-18-42(19-17-41)54-40(4)63-38-84-54)65-56(79)48-33-45(77)36-73(48)58(81)53(39(2)3)74-37-51(68-69-74)83-32-24-61-7/h9,13-23,35,37-39,45,47-48,53,61,77,82H,1,10-12,24-34,36H2,2-8H3,(H,65,79)(H,62,64,67)/t45-,47+,48+,53+/m1/s1. The number of β-amino-alcohol motifs (C(OH)–C–C–N with tert-alkyl or cyclic N) is 1. The molecular weight excluding hydrogens is 1090 g/mol. The van der Waals surface area contributed by atoms with Crippen molar-refractivity contribution >= 4 is 57.4 Å². The molecule has 5 aromatic heterocycles. The van der Waals surface area contributed by atoms with E-state index in [0.29, 0.717) is 48.2 Å². The maximum Gasteiger partial charge on any atom is 0.278 e. The smallest absolute Gasteiger partial charge is 0.278 e. The molecule has 9 rings (SSSR count). The van der Waals surface area contributed by atoms with Gasteiger partial charge in [0.05, 0.1) is 53.1 Å². The van der Waals surface area contributed by atoms with Crippen LogP contribution < -0.4 is 31.1 Å². The van der Waals surface area contributed by atoms with Crippen molar-refractivity contribution < 1.29 is 29.3 Å². The van der Waals surface area contributed by atoms with Crippen LogP contribution in [0.1, 0.15) is 88.8 Å². The summed E-state index contributed by atoms with van der Waals surface area (Å²) in [5, 5.41) is 39.7. The van der Waals surface area contributed by atoms with Gasteiger partial charge >= 0.3 is 0 Å². The van der Waals surface area contributed by atoms with Crippen LogP contribution in [-0.4, -0.2) is 172 Å². The molecule has 4 atom stereocenters. The molecule has 2 aliphatic heterocycles. The molecule has 23 nitrogen and oxygen atoms in total. The van der Waals surface area contributed by atoms with Gasteiger partial charge in [0.2, 0.25) is 23.7 Å². The number of nitrogens with zero attached hydrogens (tertiary/aromatic N) is 13. The number of pyridine rings is 1. The second-order valence-corrected chi connectivity index (χ2v) is 23.3. The molecule has 2 saturated heterocycles. The number of aliphatic hydroxyl groups is 2. The number of piperazine rings is 1. The zero-order valence-electron chi connectivity index (χ0n) is 49.0. The predicted molar refractivity (Wildman–Crippen MR) is 323 cm³/mol. The van der Waals surface area contributed by atoms with Crippen LogP contribution >= 0.6 is 11.3 Å². The Kier molecular flexibility index (Phi) is 19.7. The average Bonchev–Trinajstić information content (AvgIpc) is 3.29. The number of unbranched alkanes of at least 4 members (excludes halogenated alkanes) is 2. The molecule has 0 radical (unpaired) electrons. The molecule has 0 unspecified atom stereocenters. The van der Waals surface area contributed by atoms with Crippen molar-refractivity contribution in [1.29, 1.82) is 0 Å². The second-order valence-electron chi connectivity index (χ2n) is 22.5. The fraction of sp³-hybridized carbons (Fsp3) is 0.467. The molecule has 84 heavy (non-hydrogen) atoms. The number of aryl methyl sites for hydroxylation is 1. The fourth-order valence-corrected chi connectivity index (χ4v) is 11.6. The lowest BCUT2D eigenvalue weighted by atomic mass is 9.99. The van der Waals surface area contributed by atoms with Crippen LogP contribution in [-0.2, 0) is 26.5 Å². The lowest BCUT2D eigenvalue weighted by Crippen LogP contribution is -2.50. The highest BCUT2D eigenvalue weighted by atomic mass is 32.1. The summed E-state index contributed by atoms with van der Waals surface area (Å²) >= 11 is 1.55. The molecule has 0 spiro atoms. The van der Waals surface area contributed by atoms with E-state index in [-0.39, 0.29) is 55.1 Å². The Balaban J connectivity index is 0.762. The van der Waals surface area contributed by atoms with Gasteiger partial charge in [-0.1, -0.05) is 67.0 Å². The Morgan fingerprint density at radius 2 is 1.75 bits per heavy atom. The number of amides is 3.